The Hall–Kier alpha value is -3.03. The first kappa shape index (κ1) is 19.7. The van der Waals surface area contributed by atoms with Gasteiger partial charge in [0.2, 0.25) is 5.88 Å². The van der Waals surface area contributed by atoms with Gasteiger partial charge in [0, 0.05) is 17.4 Å². The summed E-state index contributed by atoms with van der Waals surface area (Å²) in [6.45, 7) is 2.33. The molecule has 0 fully saturated rings. The summed E-state index contributed by atoms with van der Waals surface area (Å²) >= 11 is 0. The Balaban J connectivity index is 1.87. The third-order valence-corrected chi connectivity index (χ3v) is 4.57. The van der Waals surface area contributed by atoms with Gasteiger partial charge < -0.3 is 14.7 Å². The van der Waals surface area contributed by atoms with Crippen LogP contribution in [-0.4, -0.2) is 35.4 Å². The predicted molar refractivity (Wildman–Crippen MR) is 98.3 cm³/mol. The molecule has 0 amide bonds. The number of aryl methyl sites for hydroxylation is 1. The molecule has 8 heteroatoms. The maximum Gasteiger partial charge on any atom is 0.422 e. The fourth-order valence-electron chi connectivity index (χ4n) is 3.14. The van der Waals surface area contributed by atoms with E-state index in [9.17, 15) is 23.1 Å². The van der Waals surface area contributed by atoms with Crippen molar-refractivity contribution in [2.45, 2.75) is 26.1 Å². The predicted octanol–water partition coefficient (Wildman–Crippen LogP) is 4.38. The lowest BCUT2D eigenvalue weighted by Crippen LogP contribution is -2.33. The van der Waals surface area contributed by atoms with Crippen LogP contribution >= 0.6 is 0 Å². The van der Waals surface area contributed by atoms with Gasteiger partial charge in [-0.05, 0) is 43.2 Å². The minimum absolute atomic E-state index is 0.0709. The largest absolute Gasteiger partial charge is 0.478 e. The van der Waals surface area contributed by atoms with Crippen molar-refractivity contribution in [1.82, 2.24) is 4.98 Å². The van der Waals surface area contributed by atoms with E-state index in [1.165, 1.54) is 6.20 Å². The van der Waals surface area contributed by atoms with Crippen LogP contribution in [0.25, 0.3) is 6.08 Å². The number of nitrogens with zero attached hydrogens (tertiary/aromatic N) is 2. The van der Waals surface area contributed by atoms with E-state index in [0.29, 0.717) is 5.56 Å². The molecule has 0 saturated carbocycles. The van der Waals surface area contributed by atoms with Gasteiger partial charge in [0.15, 0.2) is 6.61 Å². The first-order valence-corrected chi connectivity index (χ1v) is 8.61. The first-order valence-electron chi connectivity index (χ1n) is 8.61. The number of anilines is 1. The topological polar surface area (TPSA) is 62.7 Å². The van der Waals surface area contributed by atoms with E-state index >= 15 is 0 Å². The van der Waals surface area contributed by atoms with Gasteiger partial charge in [-0.15, -0.1) is 0 Å². The molecule has 1 N–H and O–H groups in total. The molecule has 1 aliphatic heterocycles. The zero-order chi connectivity index (χ0) is 20.5. The number of aliphatic carboxylic acids is 1. The summed E-state index contributed by atoms with van der Waals surface area (Å²) in [5.74, 6) is -1.06. The second-order valence-electron chi connectivity index (χ2n) is 6.63. The monoisotopic (exact) mass is 392 g/mol. The number of benzene rings is 1. The van der Waals surface area contributed by atoms with Crippen molar-refractivity contribution in [3.8, 4) is 5.88 Å². The van der Waals surface area contributed by atoms with E-state index in [2.05, 4.69) is 4.98 Å². The van der Waals surface area contributed by atoms with Gasteiger partial charge in [-0.25, -0.2) is 9.78 Å². The molecule has 148 valence electrons. The van der Waals surface area contributed by atoms with E-state index in [0.717, 1.165) is 16.8 Å². The van der Waals surface area contributed by atoms with Crippen molar-refractivity contribution in [2.75, 3.05) is 18.1 Å². The van der Waals surface area contributed by atoms with E-state index in [1.54, 1.807) is 19.1 Å². The lowest BCUT2D eigenvalue weighted by atomic mass is 9.98. The van der Waals surface area contributed by atoms with Gasteiger partial charge >= 0.3 is 12.1 Å². The highest BCUT2D eigenvalue weighted by Crippen LogP contribution is 2.35. The molecule has 0 radical (unpaired) electrons. The van der Waals surface area contributed by atoms with E-state index in [4.69, 9.17) is 4.74 Å². The molecule has 0 bridgehead atoms. The highest BCUT2D eigenvalue weighted by atomic mass is 19.4. The molecular weight excluding hydrogens is 373 g/mol. The molecule has 0 spiro atoms. The molecule has 1 aliphatic rings. The van der Waals surface area contributed by atoms with Gasteiger partial charge in [0.05, 0.1) is 18.2 Å². The van der Waals surface area contributed by atoms with Gasteiger partial charge in [-0.3, -0.25) is 0 Å². The molecular formula is C20H19F3N2O3. The quantitative estimate of drug-likeness (QED) is 0.818. The van der Waals surface area contributed by atoms with Gasteiger partial charge in [-0.1, -0.05) is 18.2 Å². The van der Waals surface area contributed by atoms with Crippen LogP contribution in [0.4, 0.5) is 18.9 Å². The van der Waals surface area contributed by atoms with Crippen molar-refractivity contribution in [1.29, 1.82) is 0 Å². The Morgan fingerprint density at radius 1 is 1.36 bits per heavy atom. The number of carbonyl (C=O) groups is 1. The van der Waals surface area contributed by atoms with Crippen LogP contribution in [0.5, 0.6) is 5.88 Å². The number of rotatable bonds is 5. The summed E-state index contributed by atoms with van der Waals surface area (Å²) in [6, 6.07) is 8.92. The van der Waals surface area contributed by atoms with E-state index in [1.807, 2.05) is 36.1 Å². The molecule has 2 heterocycles. The number of fused-ring (bicyclic) bond motifs is 1. The van der Waals surface area contributed by atoms with E-state index in [-0.39, 0.29) is 24.0 Å². The molecule has 1 aromatic heterocycles. The summed E-state index contributed by atoms with van der Waals surface area (Å²) in [4.78, 5) is 17.5. The van der Waals surface area contributed by atoms with Crippen molar-refractivity contribution in [3.63, 3.8) is 0 Å². The SMILES string of the molecule is Cc1cc(C(C)N2CC(C(=O)O)=Cc3ccccc32)cnc1OCC(F)(F)F. The average Bonchev–Trinajstić information content (AvgIpc) is 2.64. The van der Waals surface area contributed by atoms with Gasteiger partial charge in [0.25, 0.3) is 0 Å². The third-order valence-electron chi connectivity index (χ3n) is 4.57. The number of hydrogen-bond acceptors (Lipinski definition) is 4. The second-order valence-corrected chi connectivity index (χ2v) is 6.63. The van der Waals surface area contributed by atoms with Crippen LogP contribution in [0.1, 0.15) is 29.7 Å². The normalized spacial score (nSPS) is 14.9. The Morgan fingerprint density at radius 3 is 2.71 bits per heavy atom. The number of carboxylic acids is 1. The molecule has 5 nitrogen and oxygen atoms in total. The number of pyridine rings is 1. The highest BCUT2D eigenvalue weighted by molar-refractivity contribution is 5.96. The molecule has 1 aromatic carbocycles. The summed E-state index contributed by atoms with van der Waals surface area (Å²) in [7, 11) is 0. The Morgan fingerprint density at radius 2 is 2.07 bits per heavy atom. The Labute approximate surface area is 160 Å². The number of hydrogen-bond donors (Lipinski definition) is 1. The average molecular weight is 392 g/mol. The molecule has 1 unspecified atom stereocenters. The van der Waals surface area contributed by atoms with Crippen molar-refractivity contribution < 1.29 is 27.8 Å². The lowest BCUT2D eigenvalue weighted by molar-refractivity contribution is -0.154. The minimum Gasteiger partial charge on any atom is -0.478 e. The fraction of sp³-hybridized carbons (Fsp3) is 0.300. The zero-order valence-corrected chi connectivity index (χ0v) is 15.3. The Bertz CT molecular complexity index is 925. The molecule has 0 aliphatic carbocycles. The smallest absolute Gasteiger partial charge is 0.422 e. The zero-order valence-electron chi connectivity index (χ0n) is 15.3. The number of para-hydroxylation sites is 1. The minimum atomic E-state index is -4.43. The number of carboxylic acid groups (broad SMARTS) is 1. The molecule has 0 saturated heterocycles. The van der Waals surface area contributed by atoms with Crippen molar-refractivity contribution >= 4 is 17.7 Å². The lowest BCUT2D eigenvalue weighted by Gasteiger charge is -2.35. The standard InChI is InChI=1S/C20H19F3N2O3/c1-12-7-15(9-24-18(12)28-11-20(21,22)23)13(2)25-10-16(19(26)27)8-14-5-3-4-6-17(14)25/h3-9,13H,10-11H2,1-2H3,(H,26,27). The molecule has 1 atom stereocenters. The Kier molecular flexibility index (Phi) is 5.31. The maximum atomic E-state index is 12.4. The van der Waals surface area contributed by atoms with Gasteiger partial charge in [0.1, 0.15) is 0 Å². The molecule has 2 aromatic rings. The summed E-state index contributed by atoms with van der Waals surface area (Å²) < 4.78 is 41.8. The third kappa shape index (κ3) is 4.27. The van der Waals surface area contributed by atoms with Crippen LogP contribution < -0.4 is 9.64 Å². The summed E-state index contributed by atoms with van der Waals surface area (Å²) in [5, 5.41) is 9.42. The van der Waals surface area contributed by atoms with Crippen molar-refractivity contribution in [2.24, 2.45) is 0 Å². The number of aromatic nitrogens is 1. The van der Waals surface area contributed by atoms with Crippen LogP contribution in [0, 0.1) is 6.92 Å². The maximum absolute atomic E-state index is 12.4. The molecule has 28 heavy (non-hydrogen) atoms. The fourth-order valence-corrected chi connectivity index (χ4v) is 3.14. The summed E-state index contributed by atoms with van der Waals surface area (Å²) in [6.07, 6.45) is -1.32. The van der Waals surface area contributed by atoms with Crippen molar-refractivity contribution in [3.05, 3.63) is 58.8 Å². The van der Waals surface area contributed by atoms with Crippen LogP contribution in [0.2, 0.25) is 0 Å². The van der Waals surface area contributed by atoms with Crippen LogP contribution in [0.15, 0.2) is 42.1 Å². The highest BCUT2D eigenvalue weighted by Gasteiger charge is 2.29. The number of alkyl halides is 3. The first-order chi connectivity index (χ1) is 13.2. The van der Waals surface area contributed by atoms with Crippen LogP contribution in [0.3, 0.4) is 0 Å². The van der Waals surface area contributed by atoms with Gasteiger partial charge in [-0.2, -0.15) is 13.2 Å². The number of halogens is 3. The number of ether oxygens (including phenoxy) is 1. The van der Waals surface area contributed by atoms with E-state index < -0.39 is 18.8 Å². The van der Waals surface area contributed by atoms with Crippen LogP contribution in [-0.2, 0) is 4.79 Å². The summed E-state index contributed by atoms with van der Waals surface area (Å²) in [5.41, 5.74) is 3.18. The molecule has 3 rings (SSSR count). The second kappa shape index (κ2) is 7.53.